The van der Waals surface area contributed by atoms with Crippen molar-refractivity contribution in [1.82, 2.24) is 0 Å². The number of hydrogen-bond donors (Lipinski definition) is 0. The van der Waals surface area contributed by atoms with Gasteiger partial charge in [-0.2, -0.15) is 0 Å². The van der Waals surface area contributed by atoms with Crippen molar-refractivity contribution in [3.8, 4) is 0 Å². The SMILES string of the molecule is CCCCCCCCCCCO[Si](OCCOC)(c1ccccc1)c1ccccc1. The number of benzene rings is 2. The van der Waals surface area contributed by atoms with Crippen LogP contribution in [0.25, 0.3) is 0 Å². The van der Waals surface area contributed by atoms with Crippen LogP contribution >= 0.6 is 0 Å². The molecule has 0 N–H and O–H groups in total. The highest BCUT2D eigenvalue weighted by Gasteiger charge is 2.42. The zero-order valence-corrected chi connectivity index (χ0v) is 20.0. The zero-order chi connectivity index (χ0) is 21.3. The Morgan fingerprint density at radius 3 is 1.53 bits per heavy atom. The molecule has 0 aliphatic carbocycles. The van der Waals surface area contributed by atoms with Crippen molar-refractivity contribution >= 4 is 18.9 Å². The molecule has 0 aliphatic rings. The van der Waals surface area contributed by atoms with Gasteiger partial charge in [0.15, 0.2) is 0 Å². The third-order valence-corrected chi connectivity index (χ3v) is 8.86. The summed E-state index contributed by atoms with van der Waals surface area (Å²) in [7, 11) is -1.05. The highest BCUT2D eigenvalue weighted by molar-refractivity contribution is 6.92. The first-order chi connectivity index (χ1) is 14.8. The molecule has 0 amide bonds. The van der Waals surface area contributed by atoms with E-state index in [2.05, 4.69) is 55.5 Å². The average Bonchev–Trinajstić information content (AvgIpc) is 2.80. The number of rotatable bonds is 17. The fraction of sp³-hybridized carbons (Fsp3) is 0.538. The molecule has 0 spiro atoms. The summed E-state index contributed by atoms with van der Waals surface area (Å²) in [5, 5.41) is 2.31. The van der Waals surface area contributed by atoms with E-state index in [4.69, 9.17) is 13.6 Å². The van der Waals surface area contributed by atoms with E-state index >= 15 is 0 Å². The smallest absolute Gasteiger partial charge is 0.388 e. The van der Waals surface area contributed by atoms with Gasteiger partial charge in [-0.05, 0) is 16.8 Å². The van der Waals surface area contributed by atoms with Crippen molar-refractivity contribution in [2.45, 2.75) is 64.7 Å². The lowest BCUT2D eigenvalue weighted by Crippen LogP contribution is -2.63. The van der Waals surface area contributed by atoms with E-state index in [0.717, 1.165) is 23.4 Å². The van der Waals surface area contributed by atoms with Gasteiger partial charge in [0, 0.05) is 13.7 Å². The van der Waals surface area contributed by atoms with Crippen LogP contribution in [-0.2, 0) is 13.6 Å². The standard InChI is InChI=1S/C26H40O3Si/c1-3-4-5-6-7-8-9-10-17-22-28-30(29-24-23-27-2,25-18-13-11-14-19-25)26-20-15-12-16-21-26/h11-16,18-21H,3-10,17,22-24H2,1-2H3. The van der Waals surface area contributed by atoms with Crippen LogP contribution in [0.3, 0.4) is 0 Å². The fourth-order valence-electron chi connectivity index (χ4n) is 3.75. The highest BCUT2D eigenvalue weighted by Crippen LogP contribution is 2.13. The molecule has 0 heterocycles. The van der Waals surface area contributed by atoms with Gasteiger partial charge in [0.1, 0.15) is 0 Å². The summed E-state index contributed by atoms with van der Waals surface area (Å²) in [6, 6.07) is 20.9. The third-order valence-electron chi connectivity index (χ3n) is 5.45. The van der Waals surface area contributed by atoms with E-state index in [9.17, 15) is 0 Å². The summed E-state index contributed by atoms with van der Waals surface area (Å²) in [5.41, 5.74) is 0. The van der Waals surface area contributed by atoms with Crippen LogP contribution in [0.5, 0.6) is 0 Å². The molecule has 0 bridgehead atoms. The van der Waals surface area contributed by atoms with Crippen LogP contribution in [-0.4, -0.2) is 35.5 Å². The lowest BCUT2D eigenvalue weighted by atomic mass is 10.1. The molecular formula is C26H40O3Si. The summed E-state index contributed by atoms with van der Waals surface area (Å²) in [6.07, 6.45) is 11.8. The van der Waals surface area contributed by atoms with Gasteiger partial charge in [-0.1, -0.05) is 119 Å². The Hall–Kier alpha value is -1.46. The van der Waals surface area contributed by atoms with Gasteiger partial charge in [-0.3, -0.25) is 0 Å². The van der Waals surface area contributed by atoms with E-state index in [1.807, 2.05) is 12.1 Å². The maximum Gasteiger partial charge on any atom is 0.407 e. The number of ether oxygens (including phenoxy) is 1. The van der Waals surface area contributed by atoms with Crippen molar-refractivity contribution in [3.05, 3.63) is 60.7 Å². The summed E-state index contributed by atoms with van der Waals surface area (Å²) < 4.78 is 18.4. The molecule has 0 saturated carbocycles. The van der Waals surface area contributed by atoms with Crippen molar-refractivity contribution in [3.63, 3.8) is 0 Å². The first-order valence-electron chi connectivity index (χ1n) is 11.7. The van der Waals surface area contributed by atoms with Gasteiger partial charge in [0.05, 0.1) is 13.2 Å². The Labute approximate surface area is 185 Å². The third kappa shape index (κ3) is 8.35. The molecular weight excluding hydrogens is 388 g/mol. The van der Waals surface area contributed by atoms with Gasteiger partial charge in [0.25, 0.3) is 0 Å². The molecule has 0 fully saturated rings. The van der Waals surface area contributed by atoms with Crippen LogP contribution in [0.2, 0.25) is 0 Å². The van der Waals surface area contributed by atoms with Crippen molar-refractivity contribution in [2.75, 3.05) is 26.9 Å². The second kappa shape index (κ2) is 15.4. The summed E-state index contributed by atoms with van der Waals surface area (Å²) in [5.74, 6) is 0. The van der Waals surface area contributed by atoms with E-state index < -0.39 is 8.56 Å². The predicted octanol–water partition coefficient (Wildman–Crippen LogP) is 5.45. The van der Waals surface area contributed by atoms with E-state index in [1.54, 1.807) is 7.11 Å². The minimum absolute atomic E-state index is 0.532. The van der Waals surface area contributed by atoms with Crippen LogP contribution in [0.15, 0.2) is 60.7 Å². The minimum atomic E-state index is -2.76. The molecule has 2 rings (SSSR count). The van der Waals surface area contributed by atoms with Gasteiger partial charge < -0.3 is 13.6 Å². The van der Waals surface area contributed by atoms with Gasteiger partial charge in [-0.15, -0.1) is 0 Å². The first kappa shape index (κ1) is 24.8. The molecule has 30 heavy (non-hydrogen) atoms. The van der Waals surface area contributed by atoms with E-state index in [-0.39, 0.29) is 0 Å². The van der Waals surface area contributed by atoms with E-state index in [0.29, 0.717) is 13.2 Å². The summed E-state index contributed by atoms with van der Waals surface area (Å²) in [4.78, 5) is 0. The molecule has 4 heteroatoms. The Kier molecular flexibility index (Phi) is 12.7. The van der Waals surface area contributed by atoms with Gasteiger partial charge in [0.2, 0.25) is 0 Å². The van der Waals surface area contributed by atoms with Gasteiger partial charge >= 0.3 is 8.56 Å². The molecule has 2 aromatic carbocycles. The van der Waals surface area contributed by atoms with Crippen molar-refractivity contribution < 1.29 is 13.6 Å². The summed E-state index contributed by atoms with van der Waals surface area (Å²) >= 11 is 0. The molecule has 0 radical (unpaired) electrons. The Morgan fingerprint density at radius 2 is 1.03 bits per heavy atom. The Bertz CT molecular complexity index is 608. The molecule has 3 nitrogen and oxygen atoms in total. The summed E-state index contributed by atoms with van der Waals surface area (Å²) in [6.45, 7) is 4.10. The normalized spacial score (nSPS) is 11.7. The second-order valence-corrected chi connectivity index (χ2v) is 10.8. The number of unbranched alkanes of at least 4 members (excludes halogenated alkanes) is 8. The second-order valence-electron chi connectivity index (χ2n) is 7.87. The average molecular weight is 429 g/mol. The van der Waals surface area contributed by atoms with Crippen molar-refractivity contribution in [2.24, 2.45) is 0 Å². The fourth-order valence-corrected chi connectivity index (χ4v) is 6.90. The van der Waals surface area contributed by atoms with Crippen LogP contribution in [0, 0.1) is 0 Å². The molecule has 0 saturated heterocycles. The van der Waals surface area contributed by atoms with E-state index in [1.165, 1.54) is 51.4 Å². The van der Waals surface area contributed by atoms with Crippen LogP contribution in [0.4, 0.5) is 0 Å². The molecule has 0 aromatic heterocycles. The monoisotopic (exact) mass is 428 g/mol. The topological polar surface area (TPSA) is 27.7 Å². The van der Waals surface area contributed by atoms with Crippen LogP contribution in [0.1, 0.15) is 64.7 Å². The Balaban J connectivity index is 1.96. The zero-order valence-electron chi connectivity index (χ0n) is 19.0. The lowest BCUT2D eigenvalue weighted by molar-refractivity contribution is 0.118. The lowest BCUT2D eigenvalue weighted by Gasteiger charge is -2.31. The minimum Gasteiger partial charge on any atom is -0.388 e. The highest BCUT2D eigenvalue weighted by atomic mass is 28.4. The number of methoxy groups -OCH3 is 1. The quantitative estimate of drug-likeness (QED) is 0.248. The molecule has 2 aromatic rings. The largest absolute Gasteiger partial charge is 0.407 e. The molecule has 166 valence electrons. The maximum atomic E-state index is 6.67. The molecule has 0 unspecified atom stereocenters. The molecule has 0 aliphatic heterocycles. The maximum absolute atomic E-state index is 6.67. The Morgan fingerprint density at radius 1 is 0.567 bits per heavy atom. The number of hydrogen-bond acceptors (Lipinski definition) is 3. The first-order valence-corrected chi connectivity index (χ1v) is 13.5. The predicted molar refractivity (Wildman–Crippen MR) is 129 cm³/mol. The van der Waals surface area contributed by atoms with Crippen LogP contribution < -0.4 is 10.4 Å². The van der Waals surface area contributed by atoms with Gasteiger partial charge in [-0.25, -0.2) is 0 Å². The molecule has 0 atom stereocenters. The van der Waals surface area contributed by atoms with Crippen molar-refractivity contribution in [1.29, 1.82) is 0 Å².